The number of rotatable bonds is 5. The molecule has 0 aliphatic carbocycles. The smallest absolute Gasteiger partial charge is 0.209 e. The molecule has 0 spiro atoms. The van der Waals surface area contributed by atoms with Crippen molar-refractivity contribution in [3.63, 3.8) is 0 Å². The molecular formula is C10H14N4O2S. The van der Waals surface area contributed by atoms with E-state index in [2.05, 4.69) is 5.32 Å². The van der Waals surface area contributed by atoms with Gasteiger partial charge in [0.2, 0.25) is 10.0 Å². The van der Waals surface area contributed by atoms with Crippen LogP contribution in [0.2, 0.25) is 0 Å². The number of anilines is 2. The molecule has 0 saturated heterocycles. The van der Waals surface area contributed by atoms with E-state index in [1.165, 1.54) is 0 Å². The Bertz CT molecular complexity index is 534. The van der Waals surface area contributed by atoms with Gasteiger partial charge in [0.25, 0.3) is 0 Å². The molecule has 0 atom stereocenters. The summed E-state index contributed by atoms with van der Waals surface area (Å²) in [5, 5.41) is 16.5. The van der Waals surface area contributed by atoms with Gasteiger partial charge in [-0.05, 0) is 24.6 Å². The Morgan fingerprint density at radius 1 is 1.41 bits per heavy atom. The molecule has 0 fully saturated rings. The lowest BCUT2D eigenvalue weighted by atomic mass is 10.2. The maximum absolute atomic E-state index is 10.7. The van der Waals surface area contributed by atoms with Crippen molar-refractivity contribution in [3.05, 3.63) is 23.8 Å². The monoisotopic (exact) mass is 254 g/mol. The highest BCUT2D eigenvalue weighted by atomic mass is 32.2. The van der Waals surface area contributed by atoms with Crippen molar-refractivity contribution < 1.29 is 8.42 Å². The molecule has 1 rings (SSSR count). The molecule has 0 heterocycles. The lowest BCUT2D eigenvalue weighted by molar-refractivity contribution is 0.596. The van der Waals surface area contributed by atoms with E-state index in [9.17, 15) is 8.42 Å². The predicted molar refractivity (Wildman–Crippen MR) is 66.7 cm³/mol. The van der Waals surface area contributed by atoms with Crippen molar-refractivity contribution in [2.45, 2.75) is 6.42 Å². The summed E-state index contributed by atoms with van der Waals surface area (Å²) >= 11 is 0. The first-order chi connectivity index (χ1) is 7.92. The van der Waals surface area contributed by atoms with E-state index in [4.69, 9.17) is 16.1 Å². The van der Waals surface area contributed by atoms with Gasteiger partial charge in [0.05, 0.1) is 28.8 Å². The SMILES string of the molecule is N#Cc1ccc(N)c(NCCCS(N)(=O)=O)c1. The summed E-state index contributed by atoms with van der Waals surface area (Å²) in [7, 11) is -3.43. The number of nitrogens with zero attached hydrogens (tertiary/aromatic N) is 1. The van der Waals surface area contributed by atoms with Crippen molar-refractivity contribution in [2.75, 3.05) is 23.3 Å². The van der Waals surface area contributed by atoms with Gasteiger partial charge in [-0.1, -0.05) is 0 Å². The molecule has 0 aliphatic heterocycles. The number of sulfonamides is 1. The van der Waals surface area contributed by atoms with Crippen molar-refractivity contribution in [1.82, 2.24) is 0 Å². The average Bonchev–Trinajstić information content (AvgIpc) is 2.25. The largest absolute Gasteiger partial charge is 0.397 e. The third-order valence-corrected chi connectivity index (χ3v) is 2.96. The minimum Gasteiger partial charge on any atom is -0.397 e. The van der Waals surface area contributed by atoms with Gasteiger partial charge in [0, 0.05) is 6.54 Å². The van der Waals surface area contributed by atoms with Crippen LogP contribution >= 0.6 is 0 Å². The summed E-state index contributed by atoms with van der Waals surface area (Å²) in [6, 6.07) is 6.86. The summed E-state index contributed by atoms with van der Waals surface area (Å²) in [6.45, 7) is 0.426. The van der Waals surface area contributed by atoms with E-state index >= 15 is 0 Å². The molecule has 0 aliphatic rings. The third-order valence-electron chi connectivity index (χ3n) is 2.10. The second-order valence-corrected chi connectivity index (χ2v) is 5.30. The van der Waals surface area contributed by atoms with Gasteiger partial charge in [0.1, 0.15) is 0 Å². The first-order valence-corrected chi connectivity index (χ1v) is 6.68. The van der Waals surface area contributed by atoms with Crippen LogP contribution in [0, 0.1) is 11.3 Å². The summed E-state index contributed by atoms with van der Waals surface area (Å²) in [5.74, 6) is -0.0855. The van der Waals surface area contributed by atoms with E-state index in [1.54, 1.807) is 18.2 Å². The fourth-order valence-corrected chi connectivity index (χ4v) is 1.82. The lowest BCUT2D eigenvalue weighted by Crippen LogP contribution is -2.18. The molecule has 1 aromatic carbocycles. The molecule has 1 aromatic rings. The molecule has 0 aromatic heterocycles. The Hall–Kier alpha value is -1.78. The van der Waals surface area contributed by atoms with Crippen LogP contribution in [-0.4, -0.2) is 20.7 Å². The average molecular weight is 254 g/mol. The quantitative estimate of drug-likeness (QED) is 0.513. The second kappa shape index (κ2) is 5.52. The van der Waals surface area contributed by atoms with E-state index in [0.29, 0.717) is 29.9 Å². The van der Waals surface area contributed by atoms with E-state index < -0.39 is 10.0 Å². The second-order valence-electron chi connectivity index (χ2n) is 3.56. The van der Waals surface area contributed by atoms with Gasteiger partial charge in [-0.2, -0.15) is 5.26 Å². The highest BCUT2D eigenvalue weighted by Gasteiger charge is 2.03. The van der Waals surface area contributed by atoms with Gasteiger partial charge >= 0.3 is 0 Å². The third kappa shape index (κ3) is 4.72. The fraction of sp³-hybridized carbons (Fsp3) is 0.300. The summed E-state index contributed by atoms with van der Waals surface area (Å²) in [4.78, 5) is 0. The van der Waals surface area contributed by atoms with Crippen LogP contribution in [0.15, 0.2) is 18.2 Å². The highest BCUT2D eigenvalue weighted by Crippen LogP contribution is 2.19. The van der Waals surface area contributed by atoms with Crippen LogP contribution in [0.1, 0.15) is 12.0 Å². The summed E-state index contributed by atoms with van der Waals surface area (Å²) in [6.07, 6.45) is 0.384. The Morgan fingerprint density at radius 2 is 2.12 bits per heavy atom. The Balaban J connectivity index is 2.55. The van der Waals surface area contributed by atoms with Crippen LogP contribution in [0.3, 0.4) is 0 Å². The van der Waals surface area contributed by atoms with Crippen LogP contribution in [-0.2, 0) is 10.0 Å². The molecule has 7 heteroatoms. The zero-order valence-corrected chi connectivity index (χ0v) is 10.00. The predicted octanol–water partition coefficient (Wildman–Crippen LogP) is 0.231. The van der Waals surface area contributed by atoms with Crippen LogP contribution in [0.25, 0.3) is 0 Å². The molecule has 0 amide bonds. The highest BCUT2D eigenvalue weighted by molar-refractivity contribution is 7.89. The van der Waals surface area contributed by atoms with E-state index in [-0.39, 0.29) is 5.75 Å². The minimum atomic E-state index is -3.43. The van der Waals surface area contributed by atoms with Crippen LogP contribution < -0.4 is 16.2 Å². The number of benzene rings is 1. The van der Waals surface area contributed by atoms with Gasteiger partial charge in [-0.15, -0.1) is 0 Å². The lowest BCUT2D eigenvalue weighted by Gasteiger charge is -2.08. The first-order valence-electron chi connectivity index (χ1n) is 4.96. The van der Waals surface area contributed by atoms with Crippen LogP contribution in [0.5, 0.6) is 0 Å². The summed E-state index contributed by atoms with van der Waals surface area (Å²) < 4.78 is 21.4. The van der Waals surface area contributed by atoms with Gasteiger partial charge < -0.3 is 11.1 Å². The number of nitrogens with two attached hydrogens (primary N) is 2. The Labute approximate surface area is 100 Å². The molecule has 6 nitrogen and oxygen atoms in total. The number of hydrogen-bond acceptors (Lipinski definition) is 5. The zero-order chi connectivity index (χ0) is 12.9. The maximum atomic E-state index is 10.7. The Morgan fingerprint density at radius 3 is 2.71 bits per heavy atom. The van der Waals surface area contributed by atoms with Gasteiger partial charge in [-0.25, -0.2) is 13.6 Å². The van der Waals surface area contributed by atoms with Gasteiger partial charge in [-0.3, -0.25) is 0 Å². The van der Waals surface area contributed by atoms with Gasteiger partial charge in [0.15, 0.2) is 0 Å². The maximum Gasteiger partial charge on any atom is 0.209 e. The minimum absolute atomic E-state index is 0.0855. The van der Waals surface area contributed by atoms with E-state index in [1.807, 2.05) is 6.07 Å². The Kier molecular flexibility index (Phi) is 4.31. The molecule has 17 heavy (non-hydrogen) atoms. The molecule has 0 saturated carbocycles. The summed E-state index contributed by atoms with van der Waals surface area (Å²) in [5.41, 5.74) is 7.33. The number of hydrogen-bond donors (Lipinski definition) is 3. The molecule has 0 radical (unpaired) electrons. The fourth-order valence-electron chi connectivity index (χ4n) is 1.28. The number of nitrogen functional groups attached to an aromatic ring is 1. The number of primary sulfonamides is 1. The molecule has 0 unspecified atom stereocenters. The number of nitrogens with one attached hydrogen (secondary N) is 1. The first kappa shape index (κ1) is 13.3. The molecule has 0 bridgehead atoms. The van der Waals surface area contributed by atoms with Crippen molar-refractivity contribution in [2.24, 2.45) is 5.14 Å². The van der Waals surface area contributed by atoms with Crippen LogP contribution in [0.4, 0.5) is 11.4 Å². The standard InChI is InChI=1S/C10H14N4O2S/c11-7-8-2-3-9(12)10(6-8)14-4-1-5-17(13,15)16/h2-3,6,14H,1,4-5,12H2,(H2,13,15,16). The molecule has 92 valence electrons. The zero-order valence-electron chi connectivity index (χ0n) is 9.18. The molecule has 5 N–H and O–H groups in total. The van der Waals surface area contributed by atoms with E-state index in [0.717, 1.165) is 0 Å². The van der Waals surface area contributed by atoms with Crippen molar-refractivity contribution in [1.29, 1.82) is 5.26 Å². The molecular weight excluding hydrogens is 240 g/mol. The van der Waals surface area contributed by atoms with Crippen molar-refractivity contribution >= 4 is 21.4 Å². The van der Waals surface area contributed by atoms with Crippen molar-refractivity contribution in [3.8, 4) is 6.07 Å². The topological polar surface area (TPSA) is 122 Å². The number of nitriles is 1. The normalized spacial score (nSPS) is 10.8.